The number of ether oxygens (including phenoxy) is 1. The van der Waals surface area contributed by atoms with Crippen LogP contribution in [0.4, 0.5) is 13.2 Å². The molecule has 148 valence electrons. The number of halogens is 3. The normalized spacial score (nSPS) is 18.2. The Morgan fingerprint density at radius 2 is 1.96 bits per heavy atom. The van der Waals surface area contributed by atoms with Crippen molar-refractivity contribution in [3.05, 3.63) is 32.5 Å². The van der Waals surface area contributed by atoms with Crippen LogP contribution in [0.25, 0.3) is 0 Å². The topological polar surface area (TPSA) is 60.3 Å². The summed E-state index contributed by atoms with van der Waals surface area (Å²) in [5.74, 6) is -0.172. The molecule has 27 heavy (non-hydrogen) atoms. The molecule has 0 aliphatic carbocycles. The number of hydrogen-bond donors (Lipinski definition) is 0. The standard InChI is InChI=1S/C17H21F3N4O2S/c1-9-14(11(3)24(22-9)8-17(18,19)20)13-7-26-6-5-23(13)16(25)15-10(2)21-12(4)27-15/h13H,5-8H2,1-4H3. The maximum atomic E-state index is 13.1. The molecule has 0 bridgehead atoms. The Hall–Kier alpha value is -1.94. The van der Waals surface area contributed by atoms with E-state index in [0.29, 0.717) is 40.7 Å². The number of morpholine rings is 1. The predicted octanol–water partition coefficient (Wildman–Crippen LogP) is 3.35. The molecule has 3 rings (SSSR count). The van der Waals surface area contributed by atoms with Gasteiger partial charge >= 0.3 is 6.18 Å². The summed E-state index contributed by atoms with van der Waals surface area (Å²) in [7, 11) is 0. The van der Waals surface area contributed by atoms with Crippen LogP contribution < -0.4 is 0 Å². The van der Waals surface area contributed by atoms with Gasteiger partial charge in [-0.3, -0.25) is 9.48 Å². The smallest absolute Gasteiger partial charge is 0.377 e. The van der Waals surface area contributed by atoms with Crippen LogP contribution in [0.3, 0.4) is 0 Å². The second-order valence-corrected chi connectivity index (χ2v) is 7.80. The molecule has 1 unspecified atom stereocenters. The van der Waals surface area contributed by atoms with Crippen LogP contribution in [0.2, 0.25) is 0 Å². The lowest BCUT2D eigenvalue weighted by Crippen LogP contribution is -2.43. The first-order valence-corrected chi connectivity index (χ1v) is 9.33. The third-order valence-corrected chi connectivity index (χ3v) is 5.65. The molecule has 2 aromatic rings. The first kappa shape index (κ1) is 19.8. The lowest BCUT2D eigenvalue weighted by Gasteiger charge is -2.36. The second-order valence-electron chi connectivity index (χ2n) is 6.59. The number of nitrogens with zero attached hydrogens (tertiary/aromatic N) is 4. The van der Waals surface area contributed by atoms with Crippen LogP contribution >= 0.6 is 11.3 Å². The van der Waals surface area contributed by atoms with Crippen molar-refractivity contribution in [2.45, 2.75) is 46.5 Å². The van der Waals surface area contributed by atoms with E-state index in [4.69, 9.17) is 4.74 Å². The first-order valence-electron chi connectivity index (χ1n) is 8.52. The van der Waals surface area contributed by atoms with Gasteiger partial charge in [0.2, 0.25) is 0 Å². The van der Waals surface area contributed by atoms with Crippen molar-refractivity contribution in [3.8, 4) is 0 Å². The monoisotopic (exact) mass is 402 g/mol. The zero-order valence-electron chi connectivity index (χ0n) is 15.6. The minimum Gasteiger partial charge on any atom is -0.377 e. The quantitative estimate of drug-likeness (QED) is 0.790. The predicted molar refractivity (Wildman–Crippen MR) is 93.9 cm³/mol. The first-order chi connectivity index (χ1) is 12.6. The van der Waals surface area contributed by atoms with Crippen molar-refractivity contribution in [1.82, 2.24) is 19.7 Å². The van der Waals surface area contributed by atoms with Crippen molar-refractivity contribution in [1.29, 1.82) is 0 Å². The summed E-state index contributed by atoms with van der Waals surface area (Å²) in [6, 6.07) is -0.477. The number of rotatable bonds is 3. The Morgan fingerprint density at radius 1 is 1.26 bits per heavy atom. The highest BCUT2D eigenvalue weighted by Gasteiger charge is 2.36. The number of thiazole rings is 1. The van der Waals surface area contributed by atoms with Gasteiger partial charge in [0.05, 0.1) is 35.7 Å². The number of amides is 1. The van der Waals surface area contributed by atoms with Gasteiger partial charge in [-0.1, -0.05) is 0 Å². The molecule has 10 heteroatoms. The Labute approximate surface area is 158 Å². The molecule has 0 spiro atoms. The molecule has 0 radical (unpaired) electrons. The molecule has 1 saturated heterocycles. The summed E-state index contributed by atoms with van der Waals surface area (Å²) in [5, 5.41) is 4.85. The Kier molecular flexibility index (Phi) is 5.31. The van der Waals surface area contributed by atoms with Crippen LogP contribution in [0.1, 0.15) is 43.4 Å². The summed E-state index contributed by atoms with van der Waals surface area (Å²) in [4.78, 5) is 19.6. The van der Waals surface area contributed by atoms with E-state index >= 15 is 0 Å². The fourth-order valence-corrected chi connectivity index (χ4v) is 4.34. The van der Waals surface area contributed by atoms with Gasteiger partial charge in [-0.2, -0.15) is 18.3 Å². The Balaban J connectivity index is 1.97. The minimum atomic E-state index is -4.36. The lowest BCUT2D eigenvalue weighted by molar-refractivity contribution is -0.143. The highest BCUT2D eigenvalue weighted by atomic mass is 32.1. The van der Waals surface area contributed by atoms with Crippen molar-refractivity contribution in [2.24, 2.45) is 0 Å². The largest absolute Gasteiger partial charge is 0.408 e. The number of hydrogen-bond acceptors (Lipinski definition) is 5. The second kappa shape index (κ2) is 7.23. The molecule has 1 fully saturated rings. The number of alkyl halides is 3. The lowest BCUT2D eigenvalue weighted by atomic mass is 10.0. The molecule has 6 nitrogen and oxygen atoms in total. The van der Waals surface area contributed by atoms with Crippen LogP contribution in [0.5, 0.6) is 0 Å². The maximum Gasteiger partial charge on any atom is 0.408 e. The molecular formula is C17H21F3N4O2S. The van der Waals surface area contributed by atoms with Crippen LogP contribution in [0, 0.1) is 27.7 Å². The van der Waals surface area contributed by atoms with E-state index in [1.165, 1.54) is 11.3 Å². The van der Waals surface area contributed by atoms with Crippen molar-refractivity contribution in [2.75, 3.05) is 19.8 Å². The van der Waals surface area contributed by atoms with Gasteiger partial charge < -0.3 is 9.64 Å². The highest BCUT2D eigenvalue weighted by molar-refractivity contribution is 7.13. The molecular weight excluding hydrogens is 381 g/mol. The average molecular weight is 402 g/mol. The Morgan fingerprint density at radius 3 is 2.56 bits per heavy atom. The minimum absolute atomic E-state index is 0.172. The summed E-state index contributed by atoms with van der Waals surface area (Å²) in [6.07, 6.45) is -4.36. The van der Waals surface area contributed by atoms with E-state index in [9.17, 15) is 18.0 Å². The van der Waals surface area contributed by atoms with Gasteiger partial charge in [-0.05, 0) is 27.7 Å². The van der Waals surface area contributed by atoms with Gasteiger partial charge in [0.25, 0.3) is 5.91 Å². The van der Waals surface area contributed by atoms with E-state index in [2.05, 4.69) is 10.1 Å². The number of aryl methyl sites for hydroxylation is 3. The van der Waals surface area contributed by atoms with Crippen molar-refractivity contribution < 1.29 is 22.7 Å². The number of aromatic nitrogens is 3. The summed E-state index contributed by atoms with van der Waals surface area (Å²) >= 11 is 1.32. The molecule has 3 heterocycles. The summed E-state index contributed by atoms with van der Waals surface area (Å²) < 4.78 is 45.0. The van der Waals surface area contributed by atoms with Gasteiger partial charge in [0.15, 0.2) is 0 Å². The molecule has 1 atom stereocenters. The maximum absolute atomic E-state index is 13.1. The highest BCUT2D eigenvalue weighted by Crippen LogP contribution is 2.33. The van der Waals surface area contributed by atoms with Crippen molar-refractivity contribution >= 4 is 17.2 Å². The van der Waals surface area contributed by atoms with E-state index < -0.39 is 18.8 Å². The Bertz CT molecular complexity index is 859. The fraction of sp³-hybridized carbons (Fsp3) is 0.588. The van der Waals surface area contributed by atoms with Crippen LogP contribution in [-0.2, 0) is 11.3 Å². The van der Waals surface area contributed by atoms with E-state index in [-0.39, 0.29) is 12.5 Å². The SMILES string of the molecule is Cc1nc(C)c(C(=O)N2CCOCC2c2c(C)nn(CC(F)(F)F)c2C)s1. The van der Waals surface area contributed by atoms with Gasteiger partial charge in [-0.25, -0.2) is 4.98 Å². The van der Waals surface area contributed by atoms with E-state index in [1.54, 1.807) is 25.7 Å². The average Bonchev–Trinajstić information content (AvgIpc) is 3.04. The van der Waals surface area contributed by atoms with Gasteiger partial charge in [-0.15, -0.1) is 11.3 Å². The fourth-order valence-electron chi connectivity index (χ4n) is 3.46. The third kappa shape index (κ3) is 4.01. The molecule has 0 N–H and O–H groups in total. The van der Waals surface area contributed by atoms with E-state index in [0.717, 1.165) is 9.69 Å². The molecule has 0 aromatic carbocycles. The zero-order valence-corrected chi connectivity index (χ0v) is 16.4. The summed E-state index contributed by atoms with van der Waals surface area (Å²) in [5.41, 5.74) is 2.15. The molecule has 2 aromatic heterocycles. The molecule has 1 amide bonds. The number of carbonyl (C=O) groups excluding carboxylic acids is 1. The molecule has 1 aliphatic rings. The molecule has 0 saturated carbocycles. The summed E-state index contributed by atoms with van der Waals surface area (Å²) in [6.45, 7) is 6.69. The molecule has 1 aliphatic heterocycles. The zero-order chi connectivity index (χ0) is 19.9. The van der Waals surface area contributed by atoms with E-state index in [1.807, 2.05) is 6.92 Å². The van der Waals surface area contributed by atoms with Gasteiger partial charge in [0.1, 0.15) is 11.4 Å². The van der Waals surface area contributed by atoms with Crippen molar-refractivity contribution in [3.63, 3.8) is 0 Å². The number of carbonyl (C=O) groups is 1. The van der Waals surface area contributed by atoms with Crippen LogP contribution in [-0.4, -0.2) is 51.5 Å². The third-order valence-electron chi connectivity index (χ3n) is 4.59. The van der Waals surface area contributed by atoms with Crippen LogP contribution in [0.15, 0.2) is 0 Å². The van der Waals surface area contributed by atoms with Gasteiger partial charge in [0, 0.05) is 17.8 Å².